The van der Waals surface area contributed by atoms with E-state index in [1.165, 1.54) is 34.3 Å². The molecule has 0 aliphatic rings. The number of rotatable bonds is 7. The van der Waals surface area contributed by atoms with Crippen molar-refractivity contribution in [1.82, 2.24) is 0 Å². The van der Waals surface area contributed by atoms with Gasteiger partial charge in [-0.05, 0) is 54.2 Å². The van der Waals surface area contributed by atoms with Crippen molar-refractivity contribution >= 4 is 17.7 Å². The standard InChI is InChI=1S/C24H24O2S/c1-18-7-6-10-21(14-11-19-8-4-3-5-9-19)23(18)27-17-20-12-15-22(16-13-20)24(25)26-2/h3-10,12-13,15-16H,11,14,17H2,1-2H3. The predicted octanol–water partition coefficient (Wildman–Crippen LogP) is 5.86. The molecule has 0 fully saturated rings. The summed E-state index contributed by atoms with van der Waals surface area (Å²) in [5, 5.41) is 0. The first-order chi connectivity index (χ1) is 13.2. The lowest BCUT2D eigenvalue weighted by Crippen LogP contribution is -2.00. The molecule has 0 amide bonds. The SMILES string of the molecule is COC(=O)c1ccc(CSc2c(C)cccc2CCc2ccccc2)cc1. The van der Waals surface area contributed by atoms with Gasteiger partial charge in [-0.15, -0.1) is 11.8 Å². The highest BCUT2D eigenvalue weighted by Crippen LogP contribution is 2.30. The first-order valence-electron chi connectivity index (χ1n) is 9.10. The molecule has 0 heterocycles. The van der Waals surface area contributed by atoms with Crippen LogP contribution in [0.4, 0.5) is 0 Å². The van der Waals surface area contributed by atoms with Crippen molar-refractivity contribution in [2.24, 2.45) is 0 Å². The lowest BCUT2D eigenvalue weighted by molar-refractivity contribution is 0.0600. The van der Waals surface area contributed by atoms with E-state index >= 15 is 0 Å². The van der Waals surface area contributed by atoms with Crippen LogP contribution in [0, 0.1) is 6.92 Å². The van der Waals surface area contributed by atoms with Gasteiger partial charge in [0.25, 0.3) is 0 Å². The van der Waals surface area contributed by atoms with E-state index in [1.54, 1.807) is 0 Å². The van der Waals surface area contributed by atoms with Crippen LogP contribution in [-0.4, -0.2) is 13.1 Å². The highest BCUT2D eigenvalue weighted by molar-refractivity contribution is 7.98. The van der Waals surface area contributed by atoms with Crippen LogP contribution in [0.2, 0.25) is 0 Å². The molecular weight excluding hydrogens is 352 g/mol. The van der Waals surface area contributed by atoms with E-state index in [0.717, 1.165) is 18.6 Å². The number of thioether (sulfide) groups is 1. The van der Waals surface area contributed by atoms with Crippen LogP contribution in [0.15, 0.2) is 77.7 Å². The van der Waals surface area contributed by atoms with Crippen LogP contribution >= 0.6 is 11.8 Å². The summed E-state index contributed by atoms with van der Waals surface area (Å²) >= 11 is 1.87. The Bertz CT molecular complexity index is 886. The Hall–Kier alpha value is -2.52. The molecule has 3 heteroatoms. The average molecular weight is 377 g/mol. The maximum absolute atomic E-state index is 11.6. The minimum atomic E-state index is -0.295. The Morgan fingerprint density at radius 2 is 1.59 bits per heavy atom. The van der Waals surface area contributed by atoms with Crippen LogP contribution in [-0.2, 0) is 23.3 Å². The van der Waals surface area contributed by atoms with Gasteiger partial charge in [0.2, 0.25) is 0 Å². The molecule has 3 aromatic rings. The molecule has 0 spiro atoms. The number of hydrogen-bond donors (Lipinski definition) is 0. The fourth-order valence-corrected chi connectivity index (χ4v) is 4.21. The Morgan fingerprint density at radius 1 is 0.852 bits per heavy atom. The van der Waals surface area contributed by atoms with Crippen LogP contribution < -0.4 is 0 Å². The van der Waals surface area contributed by atoms with Crippen molar-refractivity contribution in [3.05, 3.63) is 101 Å². The molecule has 0 aliphatic carbocycles. The van der Waals surface area contributed by atoms with Crippen LogP contribution in [0.5, 0.6) is 0 Å². The first kappa shape index (κ1) is 19.2. The Balaban J connectivity index is 1.68. The number of aryl methyl sites for hydroxylation is 3. The third kappa shape index (κ3) is 5.24. The maximum Gasteiger partial charge on any atom is 0.337 e. The normalized spacial score (nSPS) is 10.6. The summed E-state index contributed by atoms with van der Waals surface area (Å²) in [6.45, 7) is 2.18. The molecule has 2 nitrogen and oxygen atoms in total. The molecule has 0 aliphatic heterocycles. The lowest BCUT2D eigenvalue weighted by atomic mass is 10.0. The number of carbonyl (C=O) groups excluding carboxylic acids is 1. The van der Waals surface area contributed by atoms with Gasteiger partial charge in [-0.2, -0.15) is 0 Å². The quantitative estimate of drug-likeness (QED) is 0.382. The molecule has 0 aromatic heterocycles. The number of carbonyl (C=O) groups is 1. The number of ether oxygens (including phenoxy) is 1. The van der Waals surface area contributed by atoms with E-state index in [0.29, 0.717) is 5.56 Å². The first-order valence-corrected chi connectivity index (χ1v) is 10.1. The third-order valence-corrected chi connectivity index (χ3v) is 5.93. The van der Waals surface area contributed by atoms with Crippen molar-refractivity contribution in [1.29, 1.82) is 0 Å². The van der Waals surface area contributed by atoms with Crippen molar-refractivity contribution in [3.63, 3.8) is 0 Å². The largest absolute Gasteiger partial charge is 0.465 e. The van der Waals surface area contributed by atoms with Crippen molar-refractivity contribution in [2.45, 2.75) is 30.4 Å². The fourth-order valence-electron chi connectivity index (χ4n) is 3.05. The van der Waals surface area contributed by atoms with Crippen LogP contribution in [0.1, 0.15) is 32.6 Å². The topological polar surface area (TPSA) is 26.3 Å². The Kier molecular flexibility index (Phi) is 6.72. The van der Waals surface area contributed by atoms with Gasteiger partial charge >= 0.3 is 5.97 Å². The zero-order valence-electron chi connectivity index (χ0n) is 15.8. The highest BCUT2D eigenvalue weighted by Gasteiger charge is 2.09. The molecule has 0 radical (unpaired) electrons. The summed E-state index contributed by atoms with van der Waals surface area (Å²) in [4.78, 5) is 12.9. The molecule has 3 rings (SSSR count). The second kappa shape index (κ2) is 9.43. The third-order valence-electron chi connectivity index (χ3n) is 4.58. The summed E-state index contributed by atoms with van der Waals surface area (Å²) in [7, 11) is 1.40. The maximum atomic E-state index is 11.6. The van der Waals surface area contributed by atoms with E-state index in [1.807, 2.05) is 36.0 Å². The number of hydrogen-bond acceptors (Lipinski definition) is 3. The predicted molar refractivity (Wildman–Crippen MR) is 112 cm³/mol. The lowest BCUT2D eigenvalue weighted by Gasteiger charge is -2.13. The number of esters is 1. The molecular formula is C24H24O2S. The molecule has 0 saturated heterocycles. The second-order valence-corrected chi connectivity index (χ2v) is 7.51. The second-order valence-electron chi connectivity index (χ2n) is 6.53. The summed E-state index contributed by atoms with van der Waals surface area (Å²) in [5.41, 5.74) is 5.87. The Morgan fingerprint density at radius 3 is 2.30 bits per heavy atom. The van der Waals surface area contributed by atoms with Gasteiger partial charge in [-0.25, -0.2) is 4.79 Å². The van der Waals surface area contributed by atoms with Crippen LogP contribution in [0.3, 0.4) is 0 Å². The van der Waals surface area contributed by atoms with E-state index in [2.05, 4.69) is 55.5 Å². The van der Waals surface area contributed by atoms with Gasteiger partial charge in [-0.3, -0.25) is 0 Å². The molecule has 3 aromatic carbocycles. The molecule has 0 bridgehead atoms. The fraction of sp³-hybridized carbons (Fsp3) is 0.208. The van der Waals surface area contributed by atoms with Gasteiger partial charge in [-0.1, -0.05) is 60.7 Å². The molecule has 0 N–H and O–H groups in total. The van der Waals surface area contributed by atoms with Crippen molar-refractivity contribution < 1.29 is 9.53 Å². The van der Waals surface area contributed by atoms with Crippen molar-refractivity contribution in [3.8, 4) is 0 Å². The molecule has 27 heavy (non-hydrogen) atoms. The van der Waals surface area contributed by atoms with E-state index in [9.17, 15) is 4.79 Å². The smallest absolute Gasteiger partial charge is 0.337 e. The van der Waals surface area contributed by atoms with Crippen LogP contribution in [0.25, 0.3) is 0 Å². The van der Waals surface area contributed by atoms with Gasteiger partial charge in [0.1, 0.15) is 0 Å². The van der Waals surface area contributed by atoms with Crippen molar-refractivity contribution in [2.75, 3.05) is 7.11 Å². The molecule has 0 atom stereocenters. The van der Waals surface area contributed by atoms with Gasteiger partial charge in [0.05, 0.1) is 12.7 Å². The minimum Gasteiger partial charge on any atom is -0.465 e. The zero-order valence-corrected chi connectivity index (χ0v) is 16.6. The van der Waals surface area contributed by atoms with E-state index in [4.69, 9.17) is 4.74 Å². The van der Waals surface area contributed by atoms with E-state index in [-0.39, 0.29) is 5.97 Å². The molecule has 0 unspecified atom stereocenters. The average Bonchev–Trinajstić information content (AvgIpc) is 2.72. The molecule has 138 valence electrons. The summed E-state index contributed by atoms with van der Waals surface area (Å²) in [6.07, 6.45) is 2.08. The number of methoxy groups -OCH3 is 1. The molecule has 0 saturated carbocycles. The monoisotopic (exact) mass is 376 g/mol. The zero-order chi connectivity index (χ0) is 19.1. The minimum absolute atomic E-state index is 0.295. The van der Waals surface area contributed by atoms with Gasteiger partial charge < -0.3 is 4.74 Å². The summed E-state index contributed by atoms with van der Waals surface area (Å²) < 4.78 is 4.76. The highest BCUT2D eigenvalue weighted by atomic mass is 32.2. The van der Waals surface area contributed by atoms with Gasteiger partial charge in [0.15, 0.2) is 0 Å². The summed E-state index contributed by atoms with van der Waals surface area (Å²) in [6, 6.07) is 24.8. The van der Waals surface area contributed by atoms with E-state index < -0.39 is 0 Å². The Labute approximate surface area is 165 Å². The van der Waals surface area contributed by atoms with Gasteiger partial charge in [0, 0.05) is 10.6 Å². The number of benzene rings is 3. The summed E-state index contributed by atoms with van der Waals surface area (Å²) in [5.74, 6) is 0.585.